The maximum atomic E-state index is 11.9. The second-order valence-corrected chi connectivity index (χ2v) is 5.71. The van der Waals surface area contributed by atoms with Gasteiger partial charge in [-0.25, -0.2) is 4.79 Å². The number of urea groups is 1. The Morgan fingerprint density at radius 3 is 2.58 bits per heavy atom. The van der Waals surface area contributed by atoms with E-state index in [4.69, 9.17) is 9.84 Å². The van der Waals surface area contributed by atoms with Crippen LogP contribution in [0.2, 0.25) is 0 Å². The molecule has 1 rings (SSSR count). The van der Waals surface area contributed by atoms with Gasteiger partial charge in [-0.2, -0.15) is 0 Å². The molecule has 1 fully saturated rings. The Labute approximate surface area is 113 Å². The number of hydrogen-bond acceptors (Lipinski definition) is 3. The minimum Gasteiger partial charge on any atom is -0.481 e. The molecular formula is C13H24N2O4. The predicted octanol–water partition coefficient (Wildman–Crippen LogP) is 1.35. The highest BCUT2D eigenvalue weighted by Crippen LogP contribution is 2.25. The van der Waals surface area contributed by atoms with E-state index in [-0.39, 0.29) is 18.7 Å². The molecule has 1 heterocycles. The summed E-state index contributed by atoms with van der Waals surface area (Å²) in [5, 5.41) is 14.6. The lowest BCUT2D eigenvalue weighted by molar-refractivity contribution is -0.147. The van der Waals surface area contributed by atoms with Gasteiger partial charge in [-0.3, -0.25) is 4.79 Å². The topological polar surface area (TPSA) is 87.7 Å². The Kier molecular flexibility index (Phi) is 4.79. The van der Waals surface area contributed by atoms with Gasteiger partial charge in [0.15, 0.2) is 0 Å². The van der Waals surface area contributed by atoms with Crippen LogP contribution in [0.4, 0.5) is 4.79 Å². The molecule has 0 aromatic rings. The molecule has 0 spiro atoms. The fourth-order valence-corrected chi connectivity index (χ4v) is 1.93. The average molecular weight is 272 g/mol. The lowest BCUT2D eigenvalue weighted by Crippen LogP contribution is -2.55. The van der Waals surface area contributed by atoms with Gasteiger partial charge >= 0.3 is 12.0 Å². The number of nitrogens with one attached hydrogen (secondary N) is 2. The normalized spacial score (nSPS) is 29.6. The van der Waals surface area contributed by atoms with Crippen molar-refractivity contribution < 1.29 is 19.4 Å². The van der Waals surface area contributed by atoms with Crippen molar-refractivity contribution in [1.29, 1.82) is 0 Å². The van der Waals surface area contributed by atoms with Gasteiger partial charge in [0.25, 0.3) is 0 Å². The Balaban J connectivity index is 2.50. The van der Waals surface area contributed by atoms with Crippen molar-refractivity contribution in [2.45, 2.75) is 52.2 Å². The van der Waals surface area contributed by atoms with Gasteiger partial charge in [-0.15, -0.1) is 0 Å². The highest BCUT2D eigenvalue weighted by Gasteiger charge is 2.39. The van der Waals surface area contributed by atoms with Crippen molar-refractivity contribution in [3.63, 3.8) is 0 Å². The lowest BCUT2D eigenvalue weighted by Gasteiger charge is -2.30. The van der Waals surface area contributed by atoms with Gasteiger partial charge < -0.3 is 20.5 Å². The van der Waals surface area contributed by atoms with E-state index in [2.05, 4.69) is 10.6 Å². The van der Waals surface area contributed by atoms with Gasteiger partial charge in [0.05, 0.1) is 17.1 Å². The number of rotatable bonds is 5. The zero-order chi connectivity index (χ0) is 14.7. The third-order valence-electron chi connectivity index (χ3n) is 4.22. The standard InChI is InChI=1S/C13H24N2O4/c1-5-12(3,10(16)17)8-14-11(18)15-13(4)6-7-19-9(13)2/h9H,5-8H2,1-4H3,(H,16,17)(H2,14,15,18). The third kappa shape index (κ3) is 3.59. The quantitative estimate of drug-likeness (QED) is 0.705. The first-order valence-corrected chi connectivity index (χ1v) is 6.64. The Morgan fingerprint density at radius 1 is 1.53 bits per heavy atom. The average Bonchev–Trinajstić information content (AvgIpc) is 2.66. The summed E-state index contributed by atoms with van der Waals surface area (Å²) in [6.07, 6.45) is 1.17. The predicted molar refractivity (Wildman–Crippen MR) is 71.0 cm³/mol. The minimum atomic E-state index is -0.934. The van der Waals surface area contributed by atoms with Crippen molar-refractivity contribution >= 4 is 12.0 Å². The second-order valence-electron chi connectivity index (χ2n) is 5.71. The molecule has 0 aliphatic carbocycles. The van der Waals surface area contributed by atoms with E-state index >= 15 is 0 Å². The van der Waals surface area contributed by atoms with Gasteiger partial charge in [0.1, 0.15) is 0 Å². The van der Waals surface area contributed by atoms with Crippen molar-refractivity contribution in [2.75, 3.05) is 13.2 Å². The van der Waals surface area contributed by atoms with Gasteiger partial charge in [-0.05, 0) is 33.6 Å². The van der Waals surface area contributed by atoms with Crippen LogP contribution < -0.4 is 10.6 Å². The van der Waals surface area contributed by atoms with E-state index in [1.165, 1.54) is 0 Å². The molecule has 19 heavy (non-hydrogen) atoms. The molecule has 3 unspecified atom stereocenters. The molecule has 6 heteroatoms. The summed E-state index contributed by atoms with van der Waals surface area (Å²) in [6, 6.07) is -0.347. The van der Waals surface area contributed by atoms with E-state index < -0.39 is 16.9 Å². The summed E-state index contributed by atoms with van der Waals surface area (Å²) >= 11 is 0. The molecule has 0 aromatic heterocycles. The molecule has 2 amide bonds. The summed E-state index contributed by atoms with van der Waals surface area (Å²) in [4.78, 5) is 23.0. The van der Waals surface area contributed by atoms with Crippen molar-refractivity contribution in [3.8, 4) is 0 Å². The zero-order valence-corrected chi connectivity index (χ0v) is 12.1. The molecule has 1 saturated heterocycles. The van der Waals surface area contributed by atoms with Crippen LogP contribution in [0.15, 0.2) is 0 Å². The van der Waals surface area contributed by atoms with Gasteiger partial charge in [0.2, 0.25) is 0 Å². The summed E-state index contributed by atoms with van der Waals surface area (Å²) in [5.74, 6) is -0.904. The first-order valence-electron chi connectivity index (χ1n) is 6.64. The van der Waals surface area contributed by atoms with Crippen molar-refractivity contribution in [3.05, 3.63) is 0 Å². The number of ether oxygens (including phenoxy) is 1. The molecule has 3 atom stereocenters. The van der Waals surface area contributed by atoms with Crippen LogP contribution in [0, 0.1) is 5.41 Å². The van der Waals surface area contributed by atoms with Gasteiger partial charge in [-0.1, -0.05) is 6.92 Å². The van der Waals surface area contributed by atoms with Gasteiger partial charge in [0, 0.05) is 13.2 Å². The van der Waals surface area contributed by atoms with E-state index in [1.54, 1.807) is 13.8 Å². The third-order valence-corrected chi connectivity index (χ3v) is 4.22. The highest BCUT2D eigenvalue weighted by atomic mass is 16.5. The molecule has 0 radical (unpaired) electrons. The van der Waals surface area contributed by atoms with Crippen LogP contribution in [0.5, 0.6) is 0 Å². The Bertz CT molecular complexity index is 361. The molecule has 1 aliphatic rings. The molecular weight excluding hydrogens is 248 g/mol. The minimum absolute atomic E-state index is 0.0460. The van der Waals surface area contributed by atoms with E-state index in [0.717, 1.165) is 6.42 Å². The van der Waals surface area contributed by atoms with E-state index in [0.29, 0.717) is 13.0 Å². The maximum absolute atomic E-state index is 11.9. The number of carbonyl (C=O) groups excluding carboxylic acids is 1. The summed E-state index contributed by atoms with van der Waals surface area (Å²) in [5.41, 5.74) is -1.33. The van der Waals surface area contributed by atoms with Crippen molar-refractivity contribution in [2.24, 2.45) is 5.41 Å². The van der Waals surface area contributed by atoms with Crippen LogP contribution in [-0.4, -0.2) is 41.9 Å². The number of carboxylic acid groups (broad SMARTS) is 1. The van der Waals surface area contributed by atoms with Crippen LogP contribution in [-0.2, 0) is 9.53 Å². The number of amides is 2. The van der Waals surface area contributed by atoms with Crippen LogP contribution >= 0.6 is 0 Å². The van der Waals surface area contributed by atoms with Crippen LogP contribution in [0.25, 0.3) is 0 Å². The number of aliphatic carboxylic acids is 1. The smallest absolute Gasteiger partial charge is 0.315 e. The lowest BCUT2D eigenvalue weighted by atomic mass is 9.88. The number of hydrogen-bond donors (Lipinski definition) is 3. The first kappa shape index (κ1) is 15.8. The van der Waals surface area contributed by atoms with Crippen LogP contribution in [0.1, 0.15) is 40.5 Å². The SMILES string of the molecule is CCC(C)(CNC(=O)NC1(C)CCOC1C)C(=O)O. The Morgan fingerprint density at radius 2 is 2.16 bits per heavy atom. The number of carbonyl (C=O) groups is 2. The van der Waals surface area contributed by atoms with Crippen LogP contribution in [0.3, 0.4) is 0 Å². The summed E-state index contributed by atoms with van der Waals surface area (Å²) in [6.45, 7) is 8.00. The molecule has 1 aliphatic heterocycles. The first-order chi connectivity index (χ1) is 8.73. The van der Waals surface area contributed by atoms with Crippen molar-refractivity contribution in [1.82, 2.24) is 10.6 Å². The maximum Gasteiger partial charge on any atom is 0.315 e. The summed E-state index contributed by atoms with van der Waals surface area (Å²) in [7, 11) is 0. The zero-order valence-electron chi connectivity index (χ0n) is 12.1. The molecule has 0 saturated carbocycles. The fourth-order valence-electron chi connectivity index (χ4n) is 1.93. The molecule has 0 aromatic carbocycles. The molecule has 110 valence electrons. The van der Waals surface area contributed by atoms with E-state index in [1.807, 2.05) is 13.8 Å². The molecule has 6 nitrogen and oxygen atoms in total. The highest BCUT2D eigenvalue weighted by molar-refractivity contribution is 5.78. The fraction of sp³-hybridized carbons (Fsp3) is 0.846. The second kappa shape index (κ2) is 5.77. The summed E-state index contributed by atoms with van der Waals surface area (Å²) < 4.78 is 5.44. The van der Waals surface area contributed by atoms with E-state index in [9.17, 15) is 9.59 Å². The number of carboxylic acids is 1. The molecule has 0 bridgehead atoms. The largest absolute Gasteiger partial charge is 0.481 e. The molecule has 3 N–H and O–H groups in total. The Hall–Kier alpha value is -1.30. The monoisotopic (exact) mass is 272 g/mol.